The molecule has 0 heterocycles. The van der Waals surface area contributed by atoms with Gasteiger partial charge in [0, 0.05) is 21.3 Å². The maximum atomic E-state index is 12.8. The Labute approximate surface area is 207 Å². The van der Waals surface area contributed by atoms with Crippen molar-refractivity contribution in [1.29, 1.82) is 0 Å². The number of benzene rings is 3. The summed E-state index contributed by atoms with van der Waals surface area (Å²) in [4.78, 5) is 26.3. The lowest BCUT2D eigenvalue weighted by atomic mass is 10.2. The SMILES string of the molecule is CCOc1ccc(NC(=O)C(CC)Sc2cccc(NC(=O)c3ccc(Cl)cc3Cl)c2)cc1. The van der Waals surface area contributed by atoms with E-state index in [1.807, 2.05) is 56.3 Å². The van der Waals surface area contributed by atoms with Crippen LogP contribution in [0.25, 0.3) is 0 Å². The highest BCUT2D eigenvalue weighted by molar-refractivity contribution is 8.00. The molecule has 1 unspecified atom stereocenters. The Morgan fingerprint density at radius 1 is 0.939 bits per heavy atom. The fourth-order valence-electron chi connectivity index (χ4n) is 3.03. The zero-order chi connectivity index (χ0) is 23.8. The van der Waals surface area contributed by atoms with Crippen LogP contribution >= 0.6 is 35.0 Å². The van der Waals surface area contributed by atoms with Crippen LogP contribution in [0.3, 0.4) is 0 Å². The second-order valence-corrected chi connectivity index (χ2v) is 9.19. The summed E-state index contributed by atoms with van der Waals surface area (Å²) in [6, 6.07) is 19.4. The summed E-state index contributed by atoms with van der Waals surface area (Å²) in [6.07, 6.45) is 0.643. The average Bonchev–Trinajstić information content (AvgIpc) is 2.79. The molecular weight excluding hydrogens is 479 g/mol. The predicted molar refractivity (Wildman–Crippen MR) is 137 cm³/mol. The van der Waals surface area contributed by atoms with E-state index in [9.17, 15) is 9.59 Å². The predicted octanol–water partition coefficient (Wildman–Crippen LogP) is 7.15. The molecule has 0 bridgehead atoms. The van der Waals surface area contributed by atoms with Gasteiger partial charge in [0.05, 0.1) is 22.4 Å². The van der Waals surface area contributed by atoms with Crippen molar-refractivity contribution in [3.8, 4) is 5.75 Å². The Morgan fingerprint density at radius 3 is 2.36 bits per heavy atom. The highest BCUT2D eigenvalue weighted by Gasteiger charge is 2.19. The third-order valence-corrected chi connectivity index (χ3v) is 6.55. The third kappa shape index (κ3) is 7.16. The van der Waals surface area contributed by atoms with Crippen molar-refractivity contribution in [2.45, 2.75) is 30.4 Å². The van der Waals surface area contributed by atoms with E-state index in [1.165, 1.54) is 17.8 Å². The number of hydrogen-bond acceptors (Lipinski definition) is 4. The number of hydrogen-bond donors (Lipinski definition) is 2. The summed E-state index contributed by atoms with van der Waals surface area (Å²) in [6.45, 7) is 4.47. The van der Waals surface area contributed by atoms with Gasteiger partial charge in [0.1, 0.15) is 5.75 Å². The summed E-state index contributed by atoms with van der Waals surface area (Å²) in [5.41, 5.74) is 1.65. The second kappa shape index (κ2) is 12.0. The van der Waals surface area contributed by atoms with Crippen LogP contribution in [0, 0.1) is 0 Å². The van der Waals surface area contributed by atoms with Gasteiger partial charge in [-0.2, -0.15) is 0 Å². The average molecular weight is 503 g/mol. The topological polar surface area (TPSA) is 67.4 Å². The normalized spacial score (nSPS) is 11.5. The Kier molecular flexibility index (Phi) is 9.06. The number of halogens is 2. The monoisotopic (exact) mass is 502 g/mol. The number of carbonyl (C=O) groups is 2. The molecule has 3 aromatic rings. The summed E-state index contributed by atoms with van der Waals surface area (Å²) in [7, 11) is 0. The van der Waals surface area contributed by atoms with Gasteiger partial charge in [-0.15, -0.1) is 11.8 Å². The van der Waals surface area contributed by atoms with E-state index in [0.717, 1.165) is 10.6 Å². The standard InChI is InChI=1S/C25H24Cl2N2O3S/c1-3-23(25(31)28-17-9-11-19(12-10-17)32-4-2)33-20-7-5-6-18(15-20)29-24(30)21-13-8-16(26)14-22(21)27/h5-15,23H,3-4H2,1-2H3,(H,28,31)(H,29,30). The van der Waals surface area contributed by atoms with E-state index in [0.29, 0.717) is 35.0 Å². The van der Waals surface area contributed by atoms with Crippen LogP contribution in [0.5, 0.6) is 5.75 Å². The van der Waals surface area contributed by atoms with Crippen LogP contribution in [0.15, 0.2) is 71.6 Å². The molecule has 2 N–H and O–H groups in total. The molecule has 0 fully saturated rings. The van der Waals surface area contributed by atoms with Crippen molar-refractivity contribution in [1.82, 2.24) is 0 Å². The first-order valence-corrected chi connectivity index (χ1v) is 12.1. The Balaban J connectivity index is 1.64. The second-order valence-electron chi connectivity index (χ2n) is 7.07. The van der Waals surface area contributed by atoms with Crippen molar-refractivity contribution >= 4 is 58.2 Å². The molecule has 1 atom stereocenters. The lowest BCUT2D eigenvalue weighted by molar-refractivity contribution is -0.115. The molecule has 3 aromatic carbocycles. The van der Waals surface area contributed by atoms with Gasteiger partial charge < -0.3 is 15.4 Å². The van der Waals surface area contributed by atoms with Gasteiger partial charge in [-0.3, -0.25) is 9.59 Å². The van der Waals surface area contributed by atoms with Gasteiger partial charge >= 0.3 is 0 Å². The Hall–Kier alpha value is -2.67. The molecule has 3 rings (SSSR count). The number of carbonyl (C=O) groups excluding carboxylic acids is 2. The Morgan fingerprint density at radius 2 is 1.70 bits per heavy atom. The van der Waals surface area contributed by atoms with E-state index in [2.05, 4.69) is 10.6 Å². The number of rotatable bonds is 9. The highest BCUT2D eigenvalue weighted by Crippen LogP contribution is 2.29. The van der Waals surface area contributed by atoms with Crippen LogP contribution in [-0.2, 0) is 4.79 Å². The van der Waals surface area contributed by atoms with Crippen molar-refractivity contribution in [2.75, 3.05) is 17.2 Å². The molecule has 8 heteroatoms. The largest absolute Gasteiger partial charge is 0.494 e. The third-order valence-electron chi connectivity index (χ3n) is 4.64. The first kappa shape index (κ1) is 25.0. The maximum Gasteiger partial charge on any atom is 0.257 e. The summed E-state index contributed by atoms with van der Waals surface area (Å²) in [5, 5.41) is 6.24. The summed E-state index contributed by atoms with van der Waals surface area (Å²) >= 11 is 13.5. The molecule has 33 heavy (non-hydrogen) atoms. The molecule has 172 valence electrons. The number of anilines is 2. The van der Waals surface area contributed by atoms with E-state index >= 15 is 0 Å². The molecule has 0 aromatic heterocycles. The van der Waals surface area contributed by atoms with Crippen molar-refractivity contribution in [3.63, 3.8) is 0 Å². The van der Waals surface area contributed by atoms with Gasteiger partial charge in [0.25, 0.3) is 5.91 Å². The maximum absolute atomic E-state index is 12.8. The minimum absolute atomic E-state index is 0.0888. The smallest absolute Gasteiger partial charge is 0.257 e. The number of nitrogens with one attached hydrogen (secondary N) is 2. The quantitative estimate of drug-likeness (QED) is 0.304. The number of thioether (sulfide) groups is 1. The summed E-state index contributed by atoms with van der Waals surface area (Å²) < 4.78 is 5.43. The van der Waals surface area contributed by atoms with E-state index in [1.54, 1.807) is 18.2 Å². The van der Waals surface area contributed by atoms with Crippen molar-refractivity contribution in [3.05, 3.63) is 82.3 Å². The molecule has 5 nitrogen and oxygen atoms in total. The van der Waals surface area contributed by atoms with Gasteiger partial charge in [0.15, 0.2) is 0 Å². The molecule has 0 aliphatic heterocycles. The van der Waals surface area contributed by atoms with Gasteiger partial charge in [-0.1, -0.05) is 36.2 Å². The molecule has 0 aliphatic rings. The number of ether oxygens (including phenoxy) is 1. The number of amides is 2. The molecular formula is C25H24Cl2N2O3S. The molecule has 0 spiro atoms. The fraction of sp³-hybridized carbons (Fsp3) is 0.200. The van der Waals surface area contributed by atoms with E-state index in [4.69, 9.17) is 27.9 Å². The van der Waals surface area contributed by atoms with Gasteiger partial charge in [0.2, 0.25) is 5.91 Å². The highest BCUT2D eigenvalue weighted by atomic mass is 35.5. The minimum Gasteiger partial charge on any atom is -0.494 e. The van der Waals surface area contributed by atoms with Crippen molar-refractivity contribution in [2.24, 2.45) is 0 Å². The minimum atomic E-state index is -0.334. The Bertz CT molecular complexity index is 1120. The molecule has 0 aliphatic carbocycles. The van der Waals surface area contributed by atoms with Crippen LogP contribution in [0.1, 0.15) is 30.6 Å². The van der Waals surface area contributed by atoms with Crippen LogP contribution in [-0.4, -0.2) is 23.7 Å². The van der Waals surface area contributed by atoms with Crippen LogP contribution in [0.2, 0.25) is 10.0 Å². The molecule has 2 amide bonds. The lowest BCUT2D eigenvalue weighted by Crippen LogP contribution is -2.24. The lowest BCUT2D eigenvalue weighted by Gasteiger charge is -2.16. The van der Waals surface area contributed by atoms with Crippen LogP contribution < -0.4 is 15.4 Å². The molecule has 0 radical (unpaired) electrons. The first-order valence-electron chi connectivity index (χ1n) is 10.5. The zero-order valence-electron chi connectivity index (χ0n) is 18.2. The first-order chi connectivity index (χ1) is 15.9. The van der Waals surface area contributed by atoms with E-state index < -0.39 is 0 Å². The molecule has 0 saturated carbocycles. The zero-order valence-corrected chi connectivity index (χ0v) is 20.6. The fourth-order valence-corrected chi connectivity index (χ4v) is 4.54. The molecule has 0 saturated heterocycles. The van der Waals surface area contributed by atoms with Gasteiger partial charge in [-0.25, -0.2) is 0 Å². The van der Waals surface area contributed by atoms with Crippen LogP contribution in [0.4, 0.5) is 11.4 Å². The van der Waals surface area contributed by atoms with Gasteiger partial charge in [-0.05, 0) is 74.0 Å². The van der Waals surface area contributed by atoms with Crippen molar-refractivity contribution < 1.29 is 14.3 Å². The summed E-state index contributed by atoms with van der Waals surface area (Å²) in [5.74, 6) is 0.337. The van der Waals surface area contributed by atoms with E-state index in [-0.39, 0.29) is 22.1 Å².